The summed E-state index contributed by atoms with van der Waals surface area (Å²) in [5.74, 6) is 0.178. The molecule has 0 saturated carbocycles. The standard InChI is InChI=1S/C12H8N2O/c15-11-7-13-6-10-12(11)9-4-2-1-3-8(9)5-14-10/h1-7,15H. The lowest BCUT2D eigenvalue weighted by Gasteiger charge is -2.03. The second kappa shape index (κ2) is 2.92. The molecule has 0 spiro atoms. The highest BCUT2D eigenvalue weighted by atomic mass is 16.3. The molecule has 3 rings (SSSR count). The highest BCUT2D eigenvalue weighted by Crippen LogP contribution is 2.29. The van der Waals surface area contributed by atoms with Gasteiger partial charge in [-0.15, -0.1) is 0 Å². The van der Waals surface area contributed by atoms with Crippen molar-refractivity contribution in [2.24, 2.45) is 0 Å². The number of rotatable bonds is 0. The Morgan fingerprint density at radius 3 is 2.80 bits per heavy atom. The predicted molar refractivity (Wildman–Crippen MR) is 58.7 cm³/mol. The number of aromatic hydroxyl groups is 1. The van der Waals surface area contributed by atoms with Gasteiger partial charge < -0.3 is 5.11 Å². The maximum atomic E-state index is 9.77. The number of benzene rings is 1. The summed E-state index contributed by atoms with van der Waals surface area (Å²) in [5, 5.41) is 12.6. The van der Waals surface area contributed by atoms with Crippen molar-refractivity contribution >= 4 is 21.7 Å². The quantitative estimate of drug-likeness (QED) is 0.562. The van der Waals surface area contributed by atoms with Gasteiger partial charge in [0.05, 0.1) is 23.3 Å². The van der Waals surface area contributed by atoms with Crippen LogP contribution < -0.4 is 0 Å². The van der Waals surface area contributed by atoms with E-state index >= 15 is 0 Å². The Bertz CT molecular complexity index is 649. The average molecular weight is 196 g/mol. The average Bonchev–Trinajstić information content (AvgIpc) is 2.29. The first kappa shape index (κ1) is 8.17. The van der Waals surface area contributed by atoms with E-state index in [2.05, 4.69) is 9.97 Å². The number of hydrogen-bond donors (Lipinski definition) is 1. The van der Waals surface area contributed by atoms with E-state index in [9.17, 15) is 5.11 Å². The van der Waals surface area contributed by atoms with Crippen molar-refractivity contribution in [3.8, 4) is 5.75 Å². The van der Waals surface area contributed by atoms with Crippen LogP contribution in [0.3, 0.4) is 0 Å². The molecule has 0 amide bonds. The Balaban J connectivity index is 2.64. The van der Waals surface area contributed by atoms with Crippen LogP contribution in [0.2, 0.25) is 0 Å². The molecule has 0 saturated heterocycles. The first-order chi connectivity index (χ1) is 7.36. The fraction of sp³-hybridized carbons (Fsp3) is 0. The SMILES string of the molecule is Oc1cncc2ncc3ccccc3c12. The highest BCUT2D eigenvalue weighted by molar-refractivity contribution is 6.07. The summed E-state index contributed by atoms with van der Waals surface area (Å²) in [7, 11) is 0. The molecule has 15 heavy (non-hydrogen) atoms. The van der Waals surface area contributed by atoms with Crippen molar-refractivity contribution < 1.29 is 5.11 Å². The zero-order chi connectivity index (χ0) is 10.3. The zero-order valence-corrected chi connectivity index (χ0v) is 7.88. The second-order valence-corrected chi connectivity index (χ2v) is 3.40. The fourth-order valence-electron chi connectivity index (χ4n) is 1.79. The van der Waals surface area contributed by atoms with Gasteiger partial charge in [0.15, 0.2) is 0 Å². The monoisotopic (exact) mass is 196 g/mol. The molecule has 0 aliphatic heterocycles. The smallest absolute Gasteiger partial charge is 0.143 e. The van der Waals surface area contributed by atoms with Crippen molar-refractivity contribution in [1.82, 2.24) is 9.97 Å². The topological polar surface area (TPSA) is 46.0 Å². The van der Waals surface area contributed by atoms with Crippen LogP contribution in [-0.2, 0) is 0 Å². The second-order valence-electron chi connectivity index (χ2n) is 3.40. The molecule has 72 valence electrons. The minimum atomic E-state index is 0.178. The largest absolute Gasteiger partial charge is 0.506 e. The lowest BCUT2D eigenvalue weighted by Crippen LogP contribution is -1.83. The minimum Gasteiger partial charge on any atom is -0.506 e. The van der Waals surface area contributed by atoms with Crippen LogP contribution in [0, 0.1) is 0 Å². The van der Waals surface area contributed by atoms with Crippen molar-refractivity contribution in [3.63, 3.8) is 0 Å². The number of fused-ring (bicyclic) bond motifs is 3. The Kier molecular flexibility index (Phi) is 1.59. The number of aromatic nitrogens is 2. The molecule has 0 unspecified atom stereocenters. The molecular formula is C12H8N2O. The van der Waals surface area contributed by atoms with E-state index in [1.54, 1.807) is 12.4 Å². The molecule has 0 radical (unpaired) electrons. The van der Waals surface area contributed by atoms with Gasteiger partial charge in [0.25, 0.3) is 0 Å². The minimum absolute atomic E-state index is 0.178. The molecule has 0 aliphatic carbocycles. The van der Waals surface area contributed by atoms with Crippen LogP contribution in [0.4, 0.5) is 0 Å². The van der Waals surface area contributed by atoms with Gasteiger partial charge in [-0.3, -0.25) is 9.97 Å². The summed E-state index contributed by atoms with van der Waals surface area (Å²) in [6, 6.07) is 7.84. The van der Waals surface area contributed by atoms with Gasteiger partial charge in [-0.05, 0) is 5.39 Å². The van der Waals surface area contributed by atoms with Crippen LogP contribution in [0.1, 0.15) is 0 Å². The first-order valence-electron chi connectivity index (χ1n) is 4.67. The molecule has 0 atom stereocenters. The van der Waals surface area contributed by atoms with Crippen molar-refractivity contribution in [2.75, 3.05) is 0 Å². The van der Waals surface area contributed by atoms with Crippen molar-refractivity contribution in [1.29, 1.82) is 0 Å². The van der Waals surface area contributed by atoms with Crippen LogP contribution in [0.15, 0.2) is 42.9 Å². The Labute approximate surface area is 86.0 Å². The first-order valence-corrected chi connectivity index (χ1v) is 4.67. The van der Waals surface area contributed by atoms with Gasteiger partial charge in [0.1, 0.15) is 5.75 Å². The number of hydrogen-bond acceptors (Lipinski definition) is 3. The molecule has 0 bridgehead atoms. The molecule has 2 heterocycles. The van der Waals surface area contributed by atoms with Crippen LogP contribution in [0.5, 0.6) is 5.75 Å². The van der Waals surface area contributed by atoms with Gasteiger partial charge in [0.2, 0.25) is 0 Å². The normalized spacial score (nSPS) is 10.9. The third kappa shape index (κ3) is 1.13. The van der Waals surface area contributed by atoms with Gasteiger partial charge in [-0.25, -0.2) is 0 Å². The van der Waals surface area contributed by atoms with Crippen LogP contribution in [0.25, 0.3) is 21.7 Å². The lowest BCUT2D eigenvalue weighted by molar-refractivity contribution is 0.479. The van der Waals surface area contributed by atoms with Crippen LogP contribution in [-0.4, -0.2) is 15.1 Å². The fourth-order valence-corrected chi connectivity index (χ4v) is 1.79. The Morgan fingerprint density at radius 1 is 1.00 bits per heavy atom. The molecule has 0 fully saturated rings. The van der Waals surface area contributed by atoms with Gasteiger partial charge in [0, 0.05) is 11.6 Å². The molecule has 3 nitrogen and oxygen atoms in total. The molecule has 1 N–H and O–H groups in total. The molecule has 3 heteroatoms. The van der Waals surface area contributed by atoms with E-state index in [1.807, 2.05) is 24.3 Å². The van der Waals surface area contributed by atoms with Gasteiger partial charge >= 0.3 is 0 Å². The highest BCUT2D eigenvalue weighted by Gasteiger charge is 2.05. The van der Waals surface area contributed by atoms with E-state index in [0.717, 1.165) is 16.2 Å². The molecule has 0 aliphatic rings. The third-order valence-corrected chi connectivity index (χ3v) is 2.48. The van der Waals surface area contributed by atoms with E-state index in [4.69, 9.17) is 0 Å². The maximum absolute atomic E-state index is 9.77. The van der Waals surface area contributed by atoms with Crippen molar-refractivity contribution in [3.05, 3.63) is 42.9 Å². The number of nitrogens with zero attached hydrogens (tertiary/aromatic N) is 2. The molecule has 2 aromatic heterocycles. The van der Waals surface area contributed by atoms with E-state index in [1.165, 1.54) is 6.20 Å². The summed E-state index contributed by atoms with van der Waals surface area (Å²) in [6.45, 7) is 0. The molecular weight excluding hydrogens is 188 g/mol. The maximum Gasteiger partial charge on any atom is 0.143 e. The van der Waals surface area contributed by atoms with E-state index in [-0.39, 0.29) is 5.75 Å². The zero-order valence-electron chi connectivity index (χ0n) is 7.88. The molecule has 3 aromatic rings. The summed E-state index contributed by atoms with van der Waals surface area (Å²) < 4.78 is 0. The number of pyridine rings is 2. The molecule has 1 aromatic carbocycles. The van der Waals surface area contributed by atoms with Gasteiger partial charge in [-0.1, -0.05) is 24.3 Å². The van der Waals surface area contributed by atoms with Crippen LogP contribution >= 0.6 is 0 Å². The third-order valence-electron chi connectivity index (χ3n) is 2.48. The Morgan fingerprint density at radius 2 is 1.87 bits per heavy atom. The Hall–Kier alpha value is -2.16. The van der Waals surface area contributed by atoms with Crippen molar-refractivity contribution in [2.45, 2.75) is 0 Å². The lowest BCUT2D eigenvalue weighted by atomic mass is 10.1. The summed E-state index contributed by atoms with van der Waals surface area (Å²) in [6.07, 6.45) is 4.89. The van der Waals surface area contributed by atoms with Gasteiger partial charge in [-0.2, -0.15) is 0 Å². The summed E-state index contributed by atoms with van der Waals surface area (Å²) in [5.41, 5.74) is 0.716. The van der Waals surface area contributed by atoms with E-state index < -0.39 is 0 Å². The predicted octanol–water partition coefficient (Wildman–Crippen LogP) is 2.49. The summed E-state index contributed by atoms with van der Waals surface area (Å²) in [4.78, 5) is 8.15. The van der Waals surface area contributed by atoms with E-state index in [0.29, 0.717) is 5.52 Å². The summed E-state index contributed by atoms with van der Waals surface area (Å²) >= 11 is 0.